The van der Waals surface area contributed by atoms with Crippen LogP contribution in [0.5, 0.6) is 5.75 Å². The van der Waals surface area contributed by atoms with Gasteiger partial charge >= 0.3 is 0 Å². The highest BCUT2D eigenvalue weighted by atomic mass is 32.2. The quantitative estimate of drug-likeness (QED) is 0.451. The molecule has 0 unspecified atom stereocenters. The van der Waals surface area contributed by atoms with Crippen LogP contribution in [0.15, 0.2) is 53.4 Å². The van der Waals surface area contributed by atoms with Gasteiger partial charge in [-0.25, -0.2) is 0 Å². The van der Waals surface area contributed by atoms with Gasteiger partial charge in [0.1, 0.15) is 12.4 Å². The van der Waals surface area contributed by atoms with E-state index in [1.54, 1.807) is 42.5 Å². The number of likely N-dealkylation sites (N-methyl/N-ethyl adjacent to an activating group) is 1. The lowest BCUT2D eigenvalue weighted by atomic mass is 10.2. The maximum atomic E-state index is 11.9. The van der Waals surface area contributed by atoms with Gasteiger partial charge in [0.05, 0.1) is 9.83 Å². The number of nitro groups is 1. The van der Waals surface area contributed by atoms with Gasteiger partial charge in [-0.15, -0.1) is 0 Å². The van der Waals surface area contributed by atoms with E-state index >= 15 is 0 Å². The molecule has 0 saturated carbocycles. The number of hydrogen-bond acceptors (Lipinski definition) is 6. The van der Waals surface area contributed by atoms with Gasteiger partial charge in [0.15, 0.2) is 0 Å². The number of hydrogen-bond donors (Lipinski definition) is 0. The Bertz CT molecular complexity index is 891. The average Bonchev–Trinajstić information content (AvgIpc) is 2.88. The van der Waals surface area contributed by atoms with Crippen molar-refractivity contribution in [2.45, 2.75) is 6.61 Å². The number of thioether (sulfide) groups is 1. The molecular weight excluding hydrogens is 356 g/mol. The number of non-ortho nitro benzene ring substituents is 1. The van der Waals surface area contributed by atoms with E-state index in [-0.39, 0.29) is 23.4 Å². The van der Waals surface area contributed by atoms with Crippen molar-refractivity contribution in [1.82, 2.24) is 4.90 Å². The predicted octanol–water partition coefficient (Wildman–Crippen LogP) is 3.84. The second-order valence-corrected chi connectivity index (χ2v) is 6.52. The highest BCUT2D eigenvalue weighted by molar-refractivity contribution is 8.18. The molecule has 0 aliphatic carbocycles. The maximum absolute atomic E-state index is 11.9. The molecule has 0 bridgehead atoms. The van der Waals surface area contributed by atoms with Crippen LogP contribution in [0, 0.1) is 10.1 Å². The lowest BCUT2D eigenvalue weighted by Gasteiger charge is -2.06. The Morgan fingerprint density at radius 3 is 2.31 bits per heavy atom. The first-order chi connectivity index (χ1) is 12.4. The highest BCUT2D eigenvalue weighted by Crippen LogP contribution is 2.31. The first-order valence-corrected chi connectivity index (χ1v) is 8.43. The van der Waals surface area contributed by atoms with Crippen molar-refractivity contribution in [3.8, 4) is 5.75 Å². The van der Waals surface area contributed by atoms with Gasteiger partial charge in [0, 0.05) is 19.2 Å². The van der Waals surface area contributed by atoms with Gasteiger partial charge in [-0.2, -0.15) is 0 Å². The van der Waals surface area contributed by atoms with Gasteiger partial charge in [-0.3, -0.25) is 24.6 Å². The van der Waals surface area contributed by atoms with Crippen molar-refractivity contribution < 1.29 is 19.2 Å². The number of carbonyl (C=O) groups excluding carboxylic acids is 2. The molecule has 1 aliphatic rings. The van der Waals surface area contributed by atoms with Crippen molar-refractivity contribution >= 4 is 34.7 Å². The molecule has 0 N–H and O–H groups in total. The number of imide groups is 1. The second-order valence-electron chi connectivity index (χ2n) is 5.52. The second kappa shape index (κ2) is 7.40. The summed E-state index contributed by atoms with van der Waals surface area (Å²) in [5.74, 6) is 0.322. The predicted molar refractivity (Wildman–Crippen MR) is 97.6 cm³/mol. The summed E-state index contributed by atoms with van der Waals surface area (Å²) in [5, 5.41) is 10.3. The molecule has 2 aromatic carbocycles. The van der Waals surface area contributed by atoms with Gasteiger partial charge in [-0.05, 0) is 53.2 Å². The summed E-state index contributed by atoms with van der Waals surface area (Å²) < 4.78 is 5.65. The molecule has 0 spiro atoms. The maximum Gasteiger partial charge on any atom is 0.293 e. The molecule has 1 saturated heterocycles. The average molecular weight is 370 g/mol. The summed E-state index contributed by atoms with van der Waals surface area (Å²) >= 11 is 0.911. The Labute approximate surface area is 153 Å². The minimum Gasteiger partial charge on any atom is -0.489 e. The van der Waals surface area contributed by atoms with Gasteiger partial charge in [-0.1, -0.05) is 12.1 Å². The molecule has 1 aliphatic heterocycles. The number of benzene rings is 2. The van der Waals surface area contributed by atoms with Crippen LogP contribution in [0.25, 0.3) is 6.08 Å². The Hall–Kier alpha value is -3.13. The van der Waals surface area contributed by atoms with Crippen LogP contribution in [0.4, 0.5) is 10.5 Å². The SMILES string of the molecule is CN1C(=O)S/C(=C/c2ccc(OCc3ccc([N+](=O)[O-])cc3)cc2)C1=O. The summed E-state index contributed by atoms with van der Waals surface area (Å²) in [6.45, 7) is 0.284. The molecule has 0 atom stereocenters. The van der Waals surface area contributed by atoms with Crippen LogP contribution in [0.3, 0.4) is 0 Å². The number of carbonyl (C=O) groups is 2. The van der Waals surface area contributed by atoms with Gasteiger partial charge in [0.2, 0.25) is 0 Å². The number of nitro benzene ring substituents is 1. The molecular formula is C18H14N2O5S. The third-order valence-electron chi connectivity index (χ3n) is 3.72. The van der Waals surface area contributed by atoms with E-state index in [0.717, 1.165) is 27.8 Å². The molecule has 1 fully saturated rings. The van der Waals surface area contributed by atoms with Crippen LogP contribution in [0.2, 0.25) is 0 Å². The Morgan fingerprint density at radius 2 is 1.77 bits per heavy atom. The first kappa shape index (κ1) is 17.7. The van der Waals surface area contributed by atoms with Crippen molar-refractivity contribution in [2.75, 3.05) is 7.05 Å². The summed E-state index contributed by atoms with van der Waals surface area (Å²) in [6.07, 6.45) is 1.66. The molecule has 3 rings (SSSR count). The van der Waals surface area contributed by atoms with Gasteiger partial charge < -0.3 is 4.74 Å². The fourth-order valence-electron chi connectivity index (χ4n) is 2.24. The third kappa shape index (κ3) is 3.92. The summed E-state index contributed by atoms with van der Waals surface area (Å²) in [7, 11) is 1.45. The fraction of sp³-hybridized carbons (Fsp3) is 0.111. The van der Waals surface area contributed by atoms with Crippen LogP contribution < -0.4 is 4.74 Å². The van der Waals surface area contributed by atoms with E-state index in [1.165, 1.54) is 19.2 Å². The molecule has 2 amide bonds. The van der Waals surface area contributed by atoms with Crippen LogP contribution in [0.1, 0.15) is 11.1 Å². The lowest BCUT2D eigenvalue weighted by Crippen LogP contribution is -2.22. The van der Waals surface area contributed by atoms with E-state index in [9.17, 15) is 19.7 Å². The van der Waals surface area contributed by atoms with Crippen molar-refractivity contribution in [3.63, 3.8) is 0 Å². The first-order valence-electron chi connectivity index (χ1n) is 7.62. The normalized spacial score (nSPS) is 15.6. The van der Waals surface area contributed by atoms with E-state index in [1.807, 2.05) is 0 Å². The van der Waals surface area contributed by atoms with Crippen molar-refractivity contribution in [3.05, 3.63) is 74.7 Å². The Kier molecular flexibility index (Phi) is 5.04. The Balaban J connectivity index is 1.62. The smallest absolute Gasteiger partial charge is 0.293 e. The number of nitrogens with zero attached hydrogens (tertiary/aromatic N) is 2. The molecule has 1 heterocycles. The summed E-state index contributed by atoms with van der Waals surface area (Å²) in [4.78, 5) is 35.0. The minimum absolute atomic E-state index is 0.0367. The van der Waals surface area contributed by atoms with E-state index < -0.39 is 4.92 Å². The van der Waals surface area contributed by atoms with Crippen molar-refractivity contribution in [2.24, 2.45) is 0 Å². The fourth-order valence-corrected chi connectivity index (χ4v) is 3.07. The highest BCUT2D eigenvalue weighted by Gasteiger charge is 2.31. The summed E-state index contributed by atoms with van der Waals surface area (Å²) in [6, 6.07) is 13.2. The summed E-state index contributed by atoms with van der Waals surface area (Å²) in [5.41, 5.74) is 1.64. The van der Waals surface area contributed by atoms with E-state index in [2.05, 4.69) is 0 Å². The molecule has 26 heavy (non-hydrogen) atoms. The van der Waals surface area contributed by atoms with E-state index in [4.69, 9.17) is 4.74 Å². The standard InChI is InChI=1S/C18H14N2O5S/c1-19-17(21)16(26-18(19)22)10-12-4-8-15(9-5-12)25-11-13-2-6-14(7-3-13)20(23)24/h2-10H,11H2,1H3/b16-10+. The lowest BCUT2D eigenvalue weighted by molar-refractivity contribution is -0.384. The number of amides is 2. The third-order valence-corrected chi connectivity index (χ3v) is 4.68. The number of rotatable bonds is 5. The molecule has 2 aromatic rings. The van der Waals surface area contributed by atoms with E-state index in [0.29, 0.717) is 10.7 Å². The topological polar surface area (TPSA) is 89.8 Å². The minimum atomic E-state index is -0.448. The van der Waals surface area contributed by atoms with Crippen LogP contribution >= 0.6 is 11.8 Å². The molecule has 8 heteroatoms. The Morgan fingerprint density at radius 1 is 1.12 bits per heavy atom. The molecule has 0 radical (unpaired) electrons. The monoisotopic (exact) mass is 370 g/mol. The molecule has 132 valence electrons. The van der Waals surface area contributed by atoms with Crippen LogP contribution in [-0.4, -0.2) is 28.0 Å². The molecule has 0 aromatic heterocycles. The zero-order chi connectivity index (χ0) is 18.7. The largest absolute Gasteiger partial charge is 0.489 e. The zero-order valence-corrected chi connectivity index (χ0v) is 14.6. The van der Waals surface area contributed by atoms with Crippen LogP contribution in [-0.2, 0) is 11.4 Å². The van der Waals surface area contributed by atoms with Crippen molar-refractivity contribution in [1.29, 1.82) is 0 Å². The van der Waals surface area contributed by atoms with Gasteiger partial charge in [0.25, 0.3) is 16.8 Å². The molecule has 7 nitrogen and oxygen atoms in total. The number of ether oxygens (including phenoxy) is 1. The zero-order valence-electron chi connectivity index (χ0n) is 13.7.